The molecule has 1 atom stereocenters. The van der Waals surface area contributed by atoms with Gasteiger partial charge in [0.2, 0.25) is 0 Å². The van der Waals surface area contributed by atoms with Gasteiger partial charge in [-0.3, -0.25) is 14.4 Å². The van der Waals surface area contributed by atoms with E-state index in [1.807, 2.05) is 0 Å². The van der Waals surface area contributed by atoms with Crippen LogP contribution in [-0.4, -0.2) is 37.2 Å². The van der Waals surface area contributed by atoms with E-state index in [9.17, 15) is 14.4 Å². The molecule has 0 aromatic carbocycles. The summed E-state index contributed by atoms with van der Waals surface area (Å²) in [5, 5.41) is 0. The van der Waals surface area contributed by atoms with Crippen LogP contribution in [0.4, 0.5) is 0 Å². The van der Waals surface area contributed by atoms with E-state index < -0.39 is 6.10 Å². The number of esters is 3. The van der Waals surface area contributed by atoms with E-state index in [1.54, 1.807) is 0 Å². The maximum Gasteiger partial charge on any atom is 0.306 e. The molecule has 0 saturated heterocycles. The molecule has 0 aromatic heterocycles. The zero-order chi connectivity index (χ0) is 48.6. The van der Waals surface area contributed by atoms with Gasteiger partial charge in [0.25, 0.3) is 0 Å². The Kier molecular flexibility index (Phi) is 52.8. The van der Waals surface area contributed by atoms with E-state index in [2.05, 4.69) is 93.7 Å². The molecule has 0 aliphatic carbocycles. The molecule has 0 aliphatic rings. The van der Waals surface area contributed by atoms with Crippen LogP contribution >= 0.6 is 0 Å². The maximum atomic E-state index is 12.9. The van der Waals surface area contributed by atoms with Gasteiger partial charge in [-0.15, -0.1) is 0 Å². The average molecular weight is 936 g/mol. The third kappa shape index (κ3) is 53.7. The molecule has 6 heteroatoms. The quantitative estimate of drug-likeness (QED) is 0.0199. The zero-order valence-electron chi connectivity index (χ0n) is 44.2. The van der Waals surface area contributed by atoms with Crippen molar-refractivity contribution in [2.24, 2.45) is 0 Å². The second-order valence-electron chi connectivity index (χ2n) is 18.9. The number of carbonyl (C=O) groups excluding carboxylic acids is 3. The molecule has 1 unspecified atom stereocenters. The Bertz CT molecular complexity index is 1260. The van der Waals surface area contributed by atoms with Gasteiger partial charge in [0.05, 0.1) is 0 Å². The minimum Gasteiger partial charge on any atom is -0.462 e. The van der Waals surface area contributed by atoms with Crippen molar-refractivity contribution in [2.75, 3.05) is 13.2 Å². The molecule has 0 aromatic rings. The van der Waals surface area contributed by atoms with Crippen LogP contribution in [0.1, 0.15) is 278 Å². The van der Waals surface area contributed by atoms with Crippen molar-refractivity contribution in [3.8, 4) is 0 Å². The van der Waals surface area contributed by atoms with Gasteiger partial charge in [-0.1, -0.05) is 261 Å². The number of carbonyl (C=O) groups is 3. The predicted octanol–water partition coefficient (Wildman–Crippen LogP) is 19.0. The molecule has 0 heterocycles. The van der Waals surface area contributed by atoms with Gasteiger partial charge in [0, 0.05) is 19.3 Å². The normalized spacial score (nSPS) is 12.6. The molecule has 0 bridgehead atoms. The number of ether oxygens (including phenoxy) is 3. The van der Waals surface area contributed by atoms with Gasteiger partial charge >= 0.3 is 17.9 Å². The molecule has 0 amide bonds. The molecule has 0 rings (SSSR count). The molecule has 0 saturated carbocycles. The number of hydrogen-bond acceptors (Lipinski definition) is 6. The van der Waals surface area contributed by atoms with Crippen molar-refractivity contribution in [1.29, 1.82) is 0 Å². The Morgan fingerprint density at radius 3 is 1.09 bits per heavy atom. The first-order chi connectivity index (χ1) is 33.0. The molecular formula is C61H106O6. The van der Waals surface area contributed by atoms with Crippen molar-refractivity contribution in [1.82, 2.24) is 0 Å². The second kappa shape index (κ2) is 55.4. The maximum absolute atomic E-state index is 12.9. The van der Waals surface area contributed by atoms with Crippen LogP contribution in [0.25, 0.3) is 0 Å². The van der Waals surface area contributed by atoms with E-state index in [0.717, 1.165) is 70.6 Å². The lowest BCUT2D eigenvalue weighted by Gasteiger charge is -2.18. The summed E-state index contributed by atoms with van der Waals surface area (Å²) in [6.45, 7) is 6.47. The topological polar surface area (TPSA) is 78.9 Å². The summed E-state index contributed by atoms with van der Waals surface area (Å²) in [6.07, 6.45) is 70.4. The smallest absolute Gasteiger partial charge is 0.306 e. The van der Waals surface area contributed by atoms with Crippen LogP contribution in [0, 0.1) is 0 Å². The van der Waals surface area contributed by atoms with Crippen molar-refractivity contribution >= 4 is 17.9 Å². The summed E-state index contributed by atoms with van der Waals surface area (Å²) < 4.78 is 16.8. The van der Waals surface area contributed by atoms with Crippen LogP contribution in [0.2, 0.25) is 0 Å². The Labute approximate surface area is 414 Å². The highest BCUT2D eigenvalue weighted by Gasteiger charge is 2.19. The number of rotatable bonds is 51. The van der Waals surface area contributed by atoms with Crippen molar-refractivity contribution in [3.63, 3.8) is 0 Å². The first-order valence-electron chi connectivity index (χ1n) is 28.5. The van der Waals surface area contributed by atoms with Crippen LogP contribution in [0.5, 0.6) is 0 Å². The summed E-state index contributed by atoms with van der Waals surface area (Å²) in [7, 11) is 0. The molecule has 0 fully saturated rings. The van der Waals surface area contributed by atoms with Gasteiger partial charge in [0.15, 0.2) is 6.10 Å². The molecule has 67 heavy (non-hydrogen) atoms. The van der Waals surface area contributed by atoms with Crippen LogP contribution < -0.4 is 0 Å². The Balaban J connectivity index is 4.45. The lowest BCUT2D eigenvalue weighted by Crippen LogP contribution is -2.30. The fraction of sp³-hybridized carbons (Fsp3) is 0.754. The molecular weight excluding hydrogens is 829 g/mol. The van der Waals surface area contributed by atoms with E-state index in [4.69, 9.17) is 14.2 Å². The molecule has 0 N–H and O–H groups in total. The highest BCUT2D eigenvalue weighted by molar-refractivity contribution is 5.71. The minimum atomic E-state index is -0.799. The van der Waals surface area contributed by atoms with E-state index in [1.165, 1.54) is 161 Å². The number of hydrogen-bond donors (Lipinski definition) is 0. The lowest BCUT2D eigenvalue weighted by molar-refractivity contribution is -0.167. The summed E-state index contributed by atoms with van der Waals surface area (Å²) in [6, 6.07) is 0. The molecule has 0 spiro atoms. The van der Waals surface area contributed by atoms with Crippen molar-refractivity contribution in [2.45, 2.75) is 284 Å². The van der Waals surface area contributed by atoms with Crippen molar-refractivity contribution < 1.29 is 28.6 Å². The third-order valence-corrected chi connectivity index (χ3v) is 12.3. The monoisotopic (exact) mass is 935 g/mol. The van der Waals surface area contributed by atoms with E-state index in [-0.39, 0.29) is 37.5 Å². The Morgan fingerprint density at radius 1 is 0.328 bits per heavy atom. The summed E-state index contributed by atoms with van der Waals surface area (Å²) in [4.78, 5) is 38.1. The number of unbranched alkanes of at least 4 members (excludes halogenated alkanes) is 30. The fourth-order valence-electron chi connectivity index (χ4n) is 7.99. The predicted molar refractivity (Wildman–Crippen MR) is 288 cm³/mol. The average Bonchev–Trinajstić information content (AvgIpc) is 3.33. The molecule has 386 valence electrons. The fourth-order valence-corrected chi connectivity index (χ4v) is 7.99. The lowest BCUT2D eigenvalue weighted by atomic mass is 10.0. The summed E-state index contributed by atoms with van der Waals surface area (Å²) in [5.41, 5.74) is 0. The first-order valence-corrected chi connectivity index (χ1v) is 28.5. The van der Waals surface area contributed by atoms with Gasteiger partial charge in [-0.25, -0.2) is 0 Å². The first kappa shape index (κ1) is 63.8. The van der Waals surface area contributed by atoms with Gasteiger partial charge in [0.1, 0.15) is 13.2 Å². The van der Waals surface area contributed by atoms with E-state index >= 15 is 0 Å². The standard InChI is InChI=1S/C61H106O6/c1-4-7-10-13-16-19-22-25-28-30-33-36-39-42-45-48-51-54-60(63)66-57-58(56-65-59(62)53-50-47-44-41-38-35-32-27-24-21-18-15-12-9-6-3)67-61(64)55-52-49-46-43-40-37-34-31-29-26-23-20-17-14-11-8-5-2/h9,12,15,18,21,24-25,28,33,36,42,45,58H,4-8,10-11,13-14,16-17,19-20,22-23,26-27,29-32,34-35,37-41,43-44,46-57H2,1-3H3/b12-9-,18-15-,24-21-,28-25-,36-33-,45-42-. The highest BCUT2D eigenvalue weighted by atomic mass is 16.6. The number of allylic oxidation sites excluding steroid dienone is 12. The molecule has 0 radical (unpaired) electrons. The second-order valence-corrected chi connectivity index (χ2v) is 18.9. The van der Waals surface area contributed by atoms with Crippen LogP contribution in [-0.2, 0) is 28.6 Å². The van der Waals surface area contributed by atoms with E-state index in [0.29, 0.717) is 19.3 Å². The molecule has 0 aliphatic heterocycles. The Morgan fingerprint density at radius 2 is 0.657 bits per heavy atom. The largest absolute Gasteiger partial charge is 0.462 e. The van der Waals surface area contributed by atoms with Gasteiger partial charge in [-0.05, 0) is 70.6 Å². The highest BCUT2D eigenvalue weighted by Crippen LogP contribution is 2.16. The SMILES string of the molecule is CC\C=C/C=C\C=C/CCCCCCCCCC(=O)OCC(COC(=O)CCC/C=C\C/C=C\C/C=C\CCCCCCCC)OC(=O)CCCCCCCCCCCCCCCCCCC. The summed E-state index contributed by atoms with van der Waals surface area (Å²) in [5.74, 6) is -0.951. The van der Waals surface area contributed by atoms with Crippen LogP contribution in [0.15, 0.2) is 72.9 Å². The van der Waals surface area contributed by atoms with Crippen molar-refractivity contribution in [3.05, 3.63) is 72.9 Å². The zero-order valence-corrected chi connectivity index (χ0v) is 44.2. The Hall–Kier alpha value is -3.15. The van der Waals surface area contributed by atoms with Gasteiger partial charge in [-0.2, -0.15) is 0 Å². The van der Waals surface area contributed by atoms with Gasteiger partial charge < -0.3 is 14.2 Å². The summed E-state index contributed by atoms with van der Waals surface area (Å²) >= 11 is 0. The minimum absolute atomic E-state index is 0.0955. The third-order valence-electron chi connectivity index (χ3n) is 12.3. The molecule has 6 nitrogen and oxygen atoms in total. The van der Waals surface area contributed by atoms with Crippen LogP contribution in [0.3, 0.4) is 0 Å².